The maximum absolute atomic E-state index is 13.9. The molecule has 2 aromatic carbocycles. The van der Waals surface area contributed by atoms with Crippen LogP contribution in [0.15, 0.2) is 42.5 Å². The number of carbonyl (C=O) groups excluding carboxylic acids is 5. The van der Waals surface area contributed by atoms with Crippen molar-refractivity contribution in [2.75, 3.05) is 32.2 Å². The van der Waals surface area contributed by atoms with Crippen molar-refractivity contribution in [3.8, 4) is 5.75 Å². The molecule has 0 radical (unpaired) electrons. The van der Waals surface area contributed by atoms with Crippen LogP contribution in [0, 0.1) is 0 Å². The molecule has 0 aliphatic carbocycles. The number of carbonyl (C=O) groups is 5. The van der Waals surface area contributed by atoms with Crippen LogP contribution in [-0.2, 0) is 19.1 Å². The Balaban J connectivity index is 1.72. The van der Waals surface area contributed by atoms with Gasteiger partial charge in [0, 0.05) is 18.7 Å². The molecule has 2 atom stereocenters. The molecule has 1 heterocycles. The lowest BCUT2D eigenvalue weighted by molar-refractivity contribution is -0.143. The van der Waals surface area contributed by atoms with Crippen molar-refractivity contribution in [1.29, 1.82) is 0 Å². The number of methoxy groups -OCH3 is 1. The van der Waals surface area contributed by atoms with Gasteiger partial charge >= 0.3 is 12.0 Å². The number of unbranched alkanes of at least 4 members (excludes halogenated alkanes) is 9. The smallest absolute Gasteiger partial charge is 0.338 e. The third-order valence-corrected chi connectivity index (χ3v) is 8.50. The maximum atomic E-state index is 13.9. The minimum Gasteiger partial charge on any atom is -0.497 e. The van der Waals surface area contributed by atoms with Crippen molar-refractivity contribution < 1.29 is 38.2 Å². The Kier molecular flexibility index (Phi) is 15.8. The van der Waals surface area contributed by atoms with E-state index in [4.69, 9.17) is 25.8 Å². The van der Waals surface area contributed by atoms with Gasteiger partial charge in [0.2, 0.25) is 6.23 Å². The molecule has 1 N–H and O–H groups in total. The van der Waals surface area contributed by atoms with E-state index in [0.29, 0.717) is 10.6 Å². The Labute approximate surface area is 288 Å². The Hall–Kier alpha value is -3.96. The number of urea groups is 1. The second-order valence-corrected chi connectivity index (χ2v) is 12.0. The zero-order valence-corrected chi connectivity index (χ0v) is 29.2. The van der Waals surface area contributed by atoms with Gasteiger partial charge in [0.25, 0.3) is 11.8 Å². The number of ketones is 1. The monoisotopic (exact) mass is 685 g/mol. The fourth-order valence-corrected chi connectivity index (χ4v) is 5.66. The van der Waals surface area contributed by atoms with Gasteiger partial charge in [-0.3, -0.25) is 19.3 Å². The summed E-state index contributed by atoms with van der Waals surface area (Å²) < 4.78 is 16.1. The quantitative estimate of drug-likeness (QED) is 0.0478. The summed E-state index contributed by atoms with van der Waals surface area (Å²) in [7, 11) is 1.47. The van der Waals surface area contributed by atoms with Crippen LogP contribution in [0.3, 0.4) is 0 Å². The topological polar surface area (TPSA) is 132 Å². The molecule has 2 unspecified atom stereocenters. The first-order valence-corrected chi connectivity index (χ1v) is 17.3. The van der Waals surface area contributed by atoms with Gasteiger partial charge in [0.15, 0.2) is 11.8 Å². The summed E-state index contributed by atoms with van der Waals surface area (Å²) in [5.74, 6) is -2.78. The molecule has 1 aliphatic rings. The number of amides is 4. The van der Waals surface area contributed by atoms with E-state index in [1.807, 2.05) is 0 Å². The summed E-state index contributed by atoms with van der Waals surface area (Å²) in [6, 6.07) is 7.40. The van der Waals surface area contributed by atoms with Gasteiger partial charge < -0.3 is 19.5 Å². The third-order valence-electron chi connectivity index (χ3n) is 8.17. The van der Waals surface area contributed by atoms with E-state index >= 15 is 0 Å². The predicted molar refractivity (Wildman–Crippen MR) is 183 cm³/mol. The van der Waals surface area contributed by atoms with Crippen molar-refractivity contribution in [2.45, 2.75) is 97.2 Å². The lowest BCUT2D eigenvalue weighted by atomic mass is 10.0. The van der Waals surface area contributed by atoms with Crippen LogP contribution in [0.2, 0.25) is 5.02 Å². The standard InChI is InChI=1S/C36H48ClN3O8/c1-5-8-9-10-11-12-13-14-15-16-23-48-35(44)26-19-22-28(37)29(24-26)38-32(42)30(31(41)25-17-20-27(46-4)21-18-25)40-33(43)34(47-7-3)39(6-2)36(40)45/h17-22,24,30,34H,5-16,23H2,1-4H3,(H,38,42). The average Bonchev–Trinajstić information content (AvgIpc) is 3.32. The summed E-state index contributed by atoms with van der Waals surface area (Å²) in [5.41, 5.74) is 0.215. The highest BCUT2D eigenvalue weighted by molar-refractivity contribution is 6.34. The number of Topliss-reactive ketones (excluding diaryl/α,β-unsaturated/α-hetero) is 1. The lowest BCUT2D eigenvalue weighted by Crippen LogP contribution is -2.52. The number of halogens is 1. The van der Waals surface area contributed by atoms with Crippen LogP contribution in [0.25, 0.3) is 0 Å². The third kappa shape index (κ3) is 10.3. The second-order valence-electron chi connectivity index (χ2n) is 11.6. The number of esters is 1. The lowest BCUT2D eigenvalue weighted by Gasteiger charge is -2.24. The van der Waals surface area contributed by atoms with Gasteiger partial charge in [-0.15, -0.1) is 0 Å². The summed E-state index contributed by atoms with van der Waals surface area (Å²) in [5, 5.41) is 2.63. The Morgan fingerprint density at radius 2 is 1.46 bits per heavy atom. The summed E-state index contributed by atoms with van der Waals surface area (Å²) in [6.07, 6.45) is 10.3. The molecule has 0 aromatic heterocycles. The van der Waals surface area contributed by atoms with Crippen LogP contribution in [0.5, 0.6) is 5.75 Å². The van der Waals surface area contributed by atoms with Gasteiger partial charge in [0.1, 0.15) is 5.75 Å². The van der Waals surface area contributed by atoms with Gasteiger partial charge in [-0.05, 0) is 62.7 Å². The molecule has 0 saturated carbocycles. The zero-order chi connectivity index (χ0) is 35.1. The van der Waals surface area contributed by atoms with E-state index in [2.05, 4.69) is 12.2 Å². The van der Waals surface area contributed by atoms with E-state index in [1.54, 1.807) is 13.8 Å². The second kappa shape index (κ2) is 19.8. The van der Waals surface area contributed by atoms with E-state index in [9.17, 15) is 24.0 Å². The van der Waals surface area contributed by atoms with Crippen molar-refractivity contribution in [3.05, 3.63) is 58.6 Å². The highest BCUT2D eigenvalue weighted by Gasteiger charge is 2.52. The Morgan fingerprint density at radius 3 is 2.04 bits per heavy atom. The summed E-state index contributed by atoms with van der Waals surface area (Å²) in [6.45, 7) is 6.01. The summed E-state index contributed by atoms with van der Waals surface area (Å²) in [4.78, 5) is 69.2. The predicted octanol–water partition coefficient (Wildman–Crippen LogP) is 7.26. The fraction of sp³-hybridized carbons (Fsp3) is 0.528. The van der Waals surface area contributed by atoms with Crippen molar-refractivity contribution in [2.24, 2.45) is 0 Å². The molecule has 262 valence electrons. The van der Waals surface area contributed by atoms with Crippen LogP contribution >= 0.6 is 11.6 Å². The number of imide groups is 1. The number of anilines is 1. The number of rotatable bonds is 21. The fourth-order valence-electron chi connectivity index (χ4n) is 5.50. The first-order chi connectivity index (χ1) is 23.2. The molecule has 11 nitrogen and oxygen atoms in total. The van der Waals surface area contributed by atoms with Crippen LogP contribution in [0.1, 0.15) is 106 Å². The molecule has 2 aromatic rings. The first kappa shape index (κ1) is 38.5. The van der Waals surface area contributed by atoms with E-state index in [1.165, 1.54) is 94.5 Å². The summed E-state index contributed by atoms with van der Waals surface area (Å²) >= 11 is 6.39. The normalized spacial score (nSPS) is 15.1. The van der Waals surface area contributed by atoms with Gasteiger partial charge in [0.05, 0.1) is 30.0 Å². The van der Waals surface area contributed by atoms with Gasteiger partial charge in [-0.1, -0.05) is 76.3 Å². The number of ether oxygens (including phenoxy) is 3. The molecule has 0 bridgehead atoms. The van der Waals surface area contributed by atoms with Crippen molar-refractivity contribution >= 4 is 46.9 Å². The largest absolute Gasteiger partial charge is 0.497 e. The van der Waals surface area contributed by atoms with Crippen LogP contribution < -0.4 is 10.1 Å². The molecule has 1 saturated heterocycles. The first-order valence-electron chi connectivity index (χ1n) is 16.9. The minimum atomic E-state index is -1.90. The molecule has 0 spiro atoms. The highest BCUT2D eigenvalue weighted by Crippen LogP contribution is 2.28. The molecule has 12 heteroatoms. The van der Waals surface area contributed by atoms with Crippen LogP contribution in [-0.4, -0.2) is 78.5 Å². The number of likely N-dealkylation sites (N-methyl/N-ethyl adjacent to an activating group) is 1. The van der Waals surface area contributed by atoms with Crippen molar-refractivity contribution in [3.63, 3.8) is 0 Å². The van der Waals surface area contributed by atoms with Gasteiger partial charge in [-0.2, -0.15) is 0 Å². The minimum absolute atomic E-state index is 0.00962. The van der Waals surface area contributed by atoms with Gasteiger partial charge in [-0.25, -0.2) is 14.5 Å². The number of nitrogens with one attached hydrogen (secondary N) is 1. The molecule has 3 rings (SSSR count). The number of benzene rings is 2. The highest BCUT2D eigenvalue weighted by atomic mass is 35.5. The molecule has 1 aliphatic heterocycles. The molecular weight excluding hydrogens is 638 g/mol. The number of hydrogen-bond donors (Lipinski definition) is 1. The maximum Gasteiger partial charge on any atom is 0.338 e. The molecular formula is C36H48ClN3O8. The van der Waals surface area contributed by atoms with E-state index < -0.39 is 41.9 Å². The van der Waals surface area contributed by atoms with E-state index in [0.717, 1.165) is 24.2 Å². The molecule has 1 fully saturated rings. The number of hydrogen-bond acceptors (Lipinski definition) is 8. The number of nitrogens with zero attached hydrogens (tertiary/aromatic N) is 2. The zero-order valence-electron chi connectivity index (χ0n) is 28.4. The SMILES string of the molecule is CCCCCCCCCCCCOC(=O)c1ccc(Cl)c(NC(=O)C(C(=O)c2ccc(OC)cc2)N2C(=O)C(OCC)N(CC)C2=O)c1. The molecule has 4 amide bonds. The van der Waals surface area contributed by atoms with Crippen LogP contribution in [0.4, 0.5) is 10.5 Å². The molecule has 48 heavy (non-hydrogen) atoms. The Bertz CT molecular complexity index is 1400. The average molecular weight is 686 g/mol. The Morgan fingerprint density at radius 1 is 0.854 bits per heavy atom. The van der Waals surface area contributed by atoms with Crippen molar-refractivity contribution in [1.82, 2.24) is 9.80 Å². The van der Waals surface area contributed by atoms with E-state index in [-0.39, 0.29) is 41.6 Å².